The fourth-order valence-corrected chi connectivity index (χ4v) is 3.39. The van der Waals surface area contributed by atoms with E-state index in [1.807, 2.05) is 0 Å². The lowest BCUT2D eigenvalue weighted by Gasteiger charge is -2.41. The van der Waals surface area contributed by atoms with Crippen molar-refractivity contribution in [1.82, 2.24) is 10.2 Å². The summed E-state index contributed by atoms with van der Waals surface area (Å²) in [6, 6.07) is 8.72. The molecule has 1 aliphatic rings. The van der Waals surface area contributed by atoms with Crippen LogP contribution in [0.5, 0.6) is 0 Å². The van der Waals surface area contributed by atoms with E-state index in [0.29, 0.717) is 18.1 Å². The molecule has 112 valence electrons. The Morgan fingerprint density at radius 3 is 2.35 bits per heavy atom. The molecule has 1 heterocycles. The normalized spacial score (nSPS) is 25.6. The van der Waals surface area contributed by atoms with Crippen LogP contribution in [0.3, 0.4) is 0 Å². The maximum absolute atomic E-state index is 3.51. The number of likely N-dealkylation sites (tertiary alicyclic amines) is 1. The molecule has 0 aromatic heterocycles. The number of hydrogen-bond acceptors (Lipinski definition) is 2. The van der Waals surface area contributed by atoms with Crippen molar-refractivity contribution in [2.75, 3.05) is 13.6 Å². The van der Waals surface area contributed by atoms with Crippen molar-refractivity contribution in [2.45, 2.75) is 65.1 Å². The molecule has 0 amide bonds. The number of aryl methyl sites for hydroxylation is 2. The highest BCUT2D eigenvalue weighted by Crippen LogP contribution is 2.26. The van der Waals surface area contributed by atoms with Crippen molar-refractivity contribution >= 4 is 0 Å². The van der Waals surface area contributed by atoms with Crippen molar-refractivity contribution in [3.05, 3.63) is 34.9 Å². The lowest BCUT2D eigenvalue weighted by molar-refractivity contribution is 0.0920. The van der Waals surface area contributed by atoms with Crippen molar-refractivity contribution < 1.29 is 0 Å². The molecule has 1 unspecified atom stereocenters. The van der Waals surface area contributed by atoms with Gasteiger partial charge in [0.25, 0.3) is 0 Å². The van der Waals surface area contributed by atoms with E-state index in [4.69, 9.17) is 0 Å². The molecule has 2 rings (SSSR count). The van der Waals surface area contributed by atoms with Crippen molar-refractivity contribution in [3.63, 3.8) is 0 Å². The first-order valence-electron chi connectivity index (χ1n) is 8.03. The second-order valence-electron chi connectivity index (χ2n) is 6.51. The minimum Gasteiger partial charge on any atom is -0.312 e. The summed E-state index contributed by atoms with van der Waals surface area (Å²) in [5.74, 6) is 0. The Labute approximate surface area is 124 Å². The Balaban J connectivity index is 2.13. The van der Waals surface area contributed by atoms with Crippen LogP contribution in [-0.2, 0) is 0 Å². The van der Waals surface area contributed by atoms with Crippen LogP contribution in [0.25, 0.3) is 0 Å². The highest BCUT2D eigenvalue weighted by atomic mass is 15.2. The standard InChI is InChI=1S/C18H30N2/c1-13-9-10-17(11-14(13)2)18(19-5)12-20-15(3)7-6-8-16(20)4/h9-11,15-16,18-19H,6-8,12H2,1-5H3/t15-,16+,18?. The second-order valence-corrected chi connectivity index (χ2v) is 6.51. The number of likely N-dealkylation sites (N-methyl/N-ethyl adjacent to an activating group) is 1. The van der Waals surface area contributed by atoms with E-state index in [9.17, 15) is 0 Å². The lowest BCUT2D eigenvalue weighted by Crippen LogP contribution is -2.47. The van der Waals surface area contributed by atoms with Crippen LogP contribution < -0.4 is 5.32 Å². The van der Waals surface area contributed by atoms with Gasteiger partial charge in [0.2, 0.25) is 0 Å². The van der Waals surface area contributed by atoms with Crippen LogP contribution >= 0.6 is 0 Å². The highest BCUT2D eigenvalue weighted by Gasteiger charge is 2.27. The molecule has 2 nitrogen and oxygen atoms in total. The topological polar surface area (TPSA) is 15.3 Å². The summed E-state index contributed by atoms with van der Waals surface area (Å²) in [6.45, 7) is 10.3. The second kappa shape index (κ2) is 6.73. The van der Waals surface area contributed by atoms with Crippen LogP contribution in [0.1, 0.15) is 55.8 Å². The third-order valence-corrected chi connectivity index (χ3v) is 5.05. The van der Waals surface area contributed by atoms with E-state index in [-0.39, 0.29) is 0 Å². The van der Waals surface area contributed by atoms with Crippen molar-refractivity contribution in [2.24, 2.45) is 0 Å². The predicted octanol–water partition coefficient (Wildman–Crippen LogP) is 3.83. The number of rotatable bonds is 4. The van der Waals surface area contributed by atoms with Gasteiger partial charge in [0.15, 0.2) is 0 Å². The number of nitrogens with one attached hydrogen (secondary N) is 1. The Kier molecular flexibility index (Phi) is 5.22. The van der Waals surface area contributed by atoms with Gasteiger partial charge in [-0.2, -0.15) is 0 Å². The first-order valence-corrected chi connectivity index (χ1v) is 8.03. The highest BCUT2D eigenvalue weighted by molar-refractivity contribution is 5.32. The Morgan fingerprint density at radius 1 is 1.15 bits per heavy atom. The third kappa shape index (κ3) is 3.42. The minimum absolute atomic E-state index is 0.428. The van der Waals surface area contributed by atoms with Gasteiger partial charge in [-0.15, -0.1) is 0 Å². The van der Waals surface area contributed by atoms with Crippen LogP contribution in [0.15, 0.2) is 18.2 Å². The van der Waals surface area contributed by atoms with E-state index in [1.165, 1.54) is 36.0 Å². The van der Waals surface area contributed by atoms with Crippen molar-refractivity contribution in [3.8, 4) is 0 Å². The van der Waals surface area contributed by atoms with Gasteiger partial charge in [-0.05, 0) is 64.3 Å². The fourth-order valence-electron chi connectivity index (χ4n) is 3.39. The number of nitrogens with zero attached hydrogens (tertiary/aromatic N) is 1. The Bertz CT molecular complexity index is 431. The third-order valence-electron chi connectivity index (χ3n) is 5.05. The molecule has 1 N–H and O–H groups in total. The molecule has 3 atom stereocenters. The maximum Gasteiger partial charge on any atom is 0.0447 e. The molecule has 1 aliphatic heterocycles. The smallest absolute Gasteiger partial charge is 0.0447 e. The minimum atomic E-state index is 0.428. The quantitative estimate of drug-likeness (QED) is 0.897. The first kappa shape index (κ1) is 15.5. The average molecular weight is 274 g/mol. The monoisotopic (exact) mass is 274 g/mol. The Hall–Kier alpha value is -0.860. The van der Waals surface area contributed by atoms with Crippen LogP contribution in [0, 0.1) is 13.8 Å². The van der Waals surface area contributed by atoms with E-state index >= 15 is 0 Å². The summed E-state index contributed by atoms with van der Waals surface area (Å²) in [4.78, 5) is 2.68. The summed E-state index contributed by atoms with van der Waals surface area (Å²) in [6.07, 6.45) is 4.06. The summed E-state index contributed by atoms with van der Waals surface area (Å²) in [5.41, 5.74) is 4.19. The molecule has 0 saturated carbocycles. The van der Waals surface area contributed by atoms with Gasteiger partial charge in [-0.1, -0.05) is 24.6 Å². The van der Waals surface area contributed by atoms with Gasteiger partial charge in [-0.3, -0.25) is 4.90 Å². The SMILES string of the molecule is CNC(CN1[C@H](C)CCC[C@@H]1C)c1ccc(C)c(C)c1. The molecule has 0 spiro atoms. The van der Waals surface area contributed by atoms with E-state index in [2.05, 4.69) is 63.2 Å². The molecule has 0 aliphatic carbocycles. The van der Waals surface area contributed by atoms with E-state index in [0.717, 1.165) is 6.54 Å². The fraction of sp³-hybridized carbons (Fsp3) is 0.667. The average Bonchev–Trinajstić information content (AvgIpc) is 2.42. The zero-order valence-electron chi connectivity index (χ0n) is 13.7. The molecule has 1 aromatic rings. The van der Waals surface area contributed by atoms with Crippen LogP contribution in [0.2, 0.25) is 0 Å². The maximum atomic E-state index is 3.51. The summed E-state index contributed by atoms with van der Waals surface area (Å²) >= 11 is 0. The molecule has 2 heteroatoms. The summed E-state index contributed by atoms with van der Waals surface area (Å²) in [5, 5.41) is 3.51. The Morgan fingerprint density at radius 2 is 1.80 bits per heavy atom. The molecule has 20 heavy (non-hydrogen) atoms. The van der Waals surface area contributed by atoms with Crippen LogP contribution in [-0.4, -0.2) is 30.6 Å². The molecule has 1 aromatic carbocycles. The van der Waals surface area contributed by atoms with E-state index < -0.39 is 0 Å². The number of benzene rings is 1. The number of hydrogen-bond donors (Lipinski definition) is 1. The zero-order chi connectivity index (χ0) is 14.7. The first-order chi connectivity index (χ1) is 9.52. The van der Waals surface area contributed by atoms with Gasteiger partial charge < -0.3 is 5.32 Å². The molecule has 0 bridgehead atoms. The van der Waals surface area contributed by atoms with Gasteiger partial charge in [-0.25, -0.2) is 0 Å². The summed E-state index contributed by atoms with van der Waals surface area (Å²) < 4.78 is 0. The molecule has 1 saturated heterocycles. The molecular formula is C18H30N2. The van der Waals surface area contributed by atoms with Crippen molar-refractivity contribution in [1.29, 1.82) is 0 Å². The zero-order valence-corrected chi connectivity index (χ0v) is 13.7. The van der Waals surface area contributed by atoms with Crippen LogP contribution in [0.4, 0.5) is 0 Å². The van der Waals surface area contributed by atoms with Gasteiger partial charge in [0.05, 0.1) is 0 Å². The largest absolute Gasteiger partial charge is 0.312 e. The van der Waals surface area contributed by atoms with E-state index in [1.54, 1.807) is 0 Å². The van der Waals surface area contributed by atoms with Gasteiger partial charge in [0.1, 0.15) is 0 Å². The predicted molar refractivity (Wildman–Crippen MR) is 87.2 cm³/mol. The molecule has 0 radical (unpaired) electrons. The molecular weight excluding hydrogens is 244 g/mol. The van der Waals surface area contributed by atoms with Gasteiger partial charge >= 0.3 is 0 Å². The lowest BCUT2D eigenvalue weighted by atomic mass is 9.95. The number of piperidine rings is 1. The molecule has 1 fully saturated rings. The summed E-state index contributed by atoms with van der Waals surface area (Å²) in [7, 11) is 2.08. The van der Waals surface area contributed by atoms with Gasteiger partial charge in [0, 0.05) is 24.7 Å².